The second-order valence-corrected chi connectivity index (χ2v) is 3.69. The Hall–Kier alpha value is -2.77. The summed E-state index contributed by atoms with van der Waals surface area (Å²) in [4.78, 5) is 25.7. The Morgan fingerprint density at radius 1 is 1.42 bits per heavy atom. The lowest BCUT2D eigenvalue weighted by Gasteiger charge is -2.04. The van der Waals surface area contributed by atoms with Crippen LogP contribution in [0.4, 0.5) is 20.7 Å². The summed E-state index contributed by atoms with van der Waals surface area (Å²) in [5, 5.41) is 13.2. The van der Waals surface area contributed by atoms with Crippen molar-refractivity contribution in [1.29, 1.82) is 0 Å². The van der Waals surface area contributed by atoms with Crippen LogP contribution in [-0.4, -0.2) is 20.5 Å². The van der Waals surface area contributed by atoms with Gasteiger partial charge in [-0.25, -0.2) is 14.2 Å². The minimum absolute atomic E-state index is 0.186. The van der Waals surface area contributed by atoms with Gasteiger partial charge in [-0.15, -0.1) is 4.57 Å². The molecule has 0 spiro atoms. The molecule has 0 saturated heterocycles. The van der Waals surface area contributed by atoms with E-state index in [1.54, 1.807) is 0 Å². The number of anilines is 1. The minimum atomic E-state index is -0.728. The van der Waals surface area contributed by atoms with Gasteiger partial charge in [0, 0.05) is 12.6 Å². The predicted octanol–water partition coefficient (Wildman–Crippen LogP) is 2.32. The van der Waals surface area contributed by atoms with Gasteiger partial charge in [0.1, 0.15) is 12.0 Å². The molecule has 1 amide bonds. The van der Waals surface area contributed by atoms with Crippen LogP contribution in [0.25, 0.3) is 0 Å². The van der Waals surface area contributed by atoms with Gasteiger partial charge in [0.05, 0.1) is 0 Å². The third-order valence-electron chi connectivity index (χ3n) is 2.41. The van der Waals surface area contributed by atoms with Crippen molar-refractivity contribution in [3.63, 3.8) is 0 Å². The Labute approximate surface area is 106 Å². The maximum Gasteiger partial charge on any atom is 0.419 e. The highest BCUT2D eigenvalue weighted by Crippen LogP contribution is 2.15. The first kappa shape index (κ1) is 12.7. The third-order valence-corrected chi connectivity index (χ3v) is 2.41. The van der Waals surface area contributed by atoms with E-state index in [9.17, 15) is 19.3 Å². The molecule has 0 aliphatic heterocycles. The highest BCUT2D eigenvalue weighted by Gasteiger charge is 2.24. The number of amides is 1. The predicted molar refractivity (Wildman–Crippen MR) is 64.4 cm³/mol. The smallest absolute Gasteiger partial charge is 0.358 e. The van der Waals surface area contributed by atoms with E-state index in [1.807, 2.05) is 0 Å². The van der Waals surface area contributed by atoms with Gasteiger partial charge >= 0.3 is 11.8 Å². The fourth-order valence-corrected chi connectivity index (χ4v) is 1.52. The number of aromatic nitrogens is 2. The summed E-state index contributed by atoms with van der Waals surface area (Å²) in [6.07, 6.45) is 1.000. The largest absolute Gasteiger partial charge is 0.419 e. The van der Waals surface area contributed by atoms with Gasteiger partial charge in [-0.05, 0) is 29.2 Å². The number of hydrogen-bond donors (Lipinski definition) is 1. The van der Waals surface area contributed by atoms with E-state index in [2.05, 4.69) is 10.3 Å². The van der Waals surface area contributed by atoms with E-state index >= 15 is 0 Å². The molecule has 0 fully saturated rings. The van der Waals surface area contributed by atoms with Gasteiger partial charge in [0.25, 0.3) is 0 Å². The molecule has 98 valence electrons. The zero-order valence-electron chi connectivity index (χ0n) is 9.83. The molecule has 19 heavy (non-hydrogen) atoms. The monoisotopic (exact) mass is 264 g/mol. The Morgan fingerprint density at radius 3 is 2.63 bits per heavy atom. The summed E-state index contributed by atoms with van der Waals surface area (Å²) >= 11 is 0. The summed E-state index contributed by atoms with van der Waals surface area (Å²) in [5.41, 5.74) is 0.328. The highest BCUT2D eigenvalue weighted by molar-refractivity contribution is 5.92. The second-order valence-electron chi connectivity index (χ2n) is 3.69. The fourth-order valence-electron chi connectivity index (χ4n) is 1.52. The van der Waals surface area contributed by atoms with Crippen LogP contribution in [0.1, 0.15) is 5.82 Å². The van der Waals surface area contributed by atoms with Crippen molar-refractivity contribution in [2.75, 3.05) is 5.32 Å². The van der Waals surface area contributed by atoms with Gasteiger partial charge in [-0.1, -0.05) is 0 Å². The van der Waals surface area contributed by atoms with Gasteiger partial charge in [-0.2, -0.15) is 0 Å². The fraction of sp³-hybridized carbons (Fsp3) is 0.0909. The normalized spacial score (nSPS) is 10.2. The number of halogens is 1. The molecule has 0 unspecified atom stereocenters. The number of nitro groups is 1. The molecule has 0 aliphatic carbocycles. The Kier molecular flexibility index (Phi) is 3.23. The molecule has 0 bridgehead atoms. The first-order valence-electron chi connectivity index (χ1n) is 5.24. The first-order chi connectivity index (χ1) is 8.99. The number of nitrogens with one attached hydrogen (secondary N) is 1. The van der Waals surface area contributed by atoms with Crippen molar-refractivity contribution in [2.45, 2.75) is 6.92 Å². The van der Waals surface area contributed by atoms with Crippen LogP contribution < -0.4 is 5.32 Å². The van der Waals surface area contributed by atoms with Crippen LogP contribution in [0.5, 0.6) is 0 Å². The molecule has 7 nitrogen and oxygen atoms in total. The number of nitrogens with zero attached hydrogens (tertiary/aromatic N) is 3. The van der Waals surface area contributed by atoms with Crippen LogP contribution in [0.2, 0.25) is 0 Å². The highest BCUT2D eigenvalue weighted by atomic mass is 19.1. The summed E-state index contributed by atoms with van der Waals surface area (Å²) in [6.45, 7) is 1.47. The van der Waals surface area contributed by atoms with Crippen molar-refractivity contribution in [2.24, 2.45) is 0 Å². The molecular formula is C11H9FN4O3. The van der Waals surface area contributed by atoms with Crippen molar-refractivity contribution in [3.05, 3.63) is 52.2 Å². The van der Waals surface area contributed by atoms with Gasteiger partial charge in [-0.3, -0.25) is 5.32 Å². The second kappa shape index (κ2) is 4.84. The summed E-state index contributed by atoms with van der Waals surface area (Å²) < 4.78 is 13.6. The first-order valence-corrected chi connectivity index (χ1v) is 5.24. The Balaban J connectivity index is 2.27. The number of hydrogen-bond acceptors (Lipinski definition) is 4. The van der Waals surface area contributed by atoms with E-state index in [-0.39, 0.29) is 5.82 Å². The van der Waals surface area contributed by atoms with E-state index in [4.69, 9.17) is 0 Å². The average Bonchev–Trinajstić information content (AvgIpc) is 2.74. The average molecular weight is 264 g/mol. The molecule has 2 rings (SSSR count). The Bertz CT molecular complexity index is 636. The molecule has 0 atom stereocenters. The number of rotatable bonds is 2. The quantitative estimate of drug-likeness (QED) is 0.665. The number of aryl methyl sites for hydroxylation is 1. The van der Waals surface area contributed by atoms with Crippen LogP contribution in [-0.2, 0) is 0 Å². The van der Waals surface area contributed by atoms with Crippen LogP contribution in [0, 0.1) is 22.9 Å². The molecule has 8 heteroatoms. The van der Waals surface area contributed by atoms with E-state index in [0.717, 1.165) is 10.8 Å². The summed E-state index contributed by atoms with van der Waals surface area (Å²) in [6, 6.07) is 4.32. The topological polar surface area (TPSA) is 90.1 Å². The molecule has 1 heterocycles. The zero-order valence-corrected chi connectivity index (χ0v) is 9.83. The zero-order chi connectivity index (χ0) is 14.0. The molecule has 1 aromatic heterocycles. The van der Waals surface area contributed by atoms with Crippen LogP contribution >= 0.6 is 0 Å². The van der Waals surface area contributed by atoms with E-state index in [1.165, 1.54) is 31.2 Å². The van der Waals surface area contributed by atoms with Crippen LogP contribution in [0.15, 0.2) is 30.5 Å². The Morgan fingerprint density at radius 2 is 2.05 bits per heavy atom. The SMILES string of the molecule is Cc1ncc([N+](=O)[O-])n1C(=O)Nc1ccc(F)cc1. The lowest BCUT2D eigenvalue weighted by molar-refractivity contribution is -0.390. The molecule has 1 N–H and O–H groups in total. The maximum atomic E-state index is 12.7. The minimum Gasteiger partial charge on any atom is -0.358 e. The van der Waals surface area contributed by atoms with E-state index in [0.29, 0.717) is 5.69 Å². The molecular weight excluding hydrogens is 255 g/mol. The number of carbonyl (C=O) groups is 1. The number of carbonyl (C=O) groups excluding carboxylic acids is 1. The lowest BCUT2D eigenvalue weighted by atomic mass is 10.3. The van der Waals surface area contributed by atoms with E-state index < -0.39 is 22.6 Å². The molecule has 1 aromatic carbocycles. The van der Waals surface area contributed by atoms with Crippen molar-refractivity contribution < 1.29 is 14.1 Å². The van der Waals surface area contributed by atoms with Crippen molar-refractivity contribution >= 4 is 17.5 Å². The molecule has 0 radical (unpaired) electrons. The maximum absolute atomic E-state index is 12.7. The van der Waals surface area contributed by atoms with Crippen molar-refractivity contribution in [3.8, 4) is 0 Å². The summed E-state index contributed by atoms with van der Waals surface area (Å²) in [5.74, 6) is -0.689. The third kappa shape index (κ3) is 2.57. The van der Waals surface area contributed by atoms with Gasteiger partial charge in [0.15, 0.2) is 0 Å². The number of imidazole rings is 1. The summed E-state index contributed by atoms with van der Waals surface area (Å²) in [7, 11) is 0. The van der Waals surface area contributed by atoms with Gasteiger partial charge < -0.3 is 10.1 Å². The molecule has 2 aromatic rings. The lowest BCUT2D eigenvalue weighted by Crippen LogP contribution is -2.22. The standard InChI is InChI=1S/C11H9FN4O3/c1-7-13-6-10(16(18)19)15(7)11(17)14-9-4-2-8(12)3-5-9/h2-6H,1H3,(H,14,17). The molecule has 0 saturated carbocycles. The van der Waals surface area contributed by atoms with Crippen LogP contribution in [0.3, 0.4) is 0 Å². The number of benzene rings is 1. The molecule has 0 aliphatic rings. The van der Waals surface area contributed by atoms with Crippen molar-refractivity contribution in [1.82, 2.24) is 9.55 Å². The van der Waals surface area contributed by atoms with Gasteiger partial charge in [0.2, 0.25) is 5.82 Å².